The molecule has 0 bridgehead atoms. The number of aryl methyl sites for hydroxylation is 4. The Kier molecular flexibility index (Phi) is 4.74. The summed E-state index contributed by atoms with van der Waals surface area (Å²) in [5.74, 6) is -0.0798. The van der Waals surface area contributed by atoms with Crippen LogP contribution in [0.5, 0.6) is 0 Å². The van der Waals surface area contributed by atoms with Gasteiger partial charge >= 0.3 is 5.69 Å². The zero-order valence-corrected chi connectivity index (χ0v) is 14.9. The Morgan fingerprint density at radius 3 is 2.52 bits per heavy atom. The lowest BCUT2D eigenvalue weighted by atomic mass is 10.1. The first-order chi connectivity index (χ1) is 12.0. The number of fused-ring (bicyclic) bond motifs is 1. The predicted molar refractivity (Wildman–Crippen MR) is 101 cm³/mol. The third-order valence-corrected chi connectivity index (χ3v) is 4.62. The molecule has 1 aromatic heterocycles. The molecule has 0 unspecified atom stereocenters. The van der Waals surface area contributed by atoms with Crippen LogP contribution in [0.1, 0.15) is 24.5 Å². The maximum absolute atomic E-state index is 12.4. The third-order valence-electron chi connectivity index (χ3n) is 4.62. The molecule has 2 aromatic carbocycles. The van der Waals surface area contributed by atoms with Gasteiger partial charge in [-0.3, -0.25) is 13.9 Å². The van der Waals surface area contributed by atoms with E-state index < -0.39 is 0 Å². The number of amides is 1. The number of hydrogen-bond donors (Lipinski definition) is 1. The van der Waals surface area contributed by atoms with Crippen molar-refractivity contribution < 1.29 is 4.79 Å². The van der Waals surface area contributed by atoms with Gasteiger partial charge in [-0.2, -0.15) is 0 Å². The van der Waals surface area contributed by atoms with E-state index in [1.807, 2.05) is 49.4 Å². The fraction of sp³-hybridized carbons (Fsp3) is 0.300. The zero-order chi connectivity index (χ0) is 18.0. The summed E-state index contributed by atoms with van der Waals surface area (Å²) < 4.78 is 3.28. The van der Waals surface area contributed by atoms with Crippen molar-refractivity contribution in [3.63, 3.8) is 0 Å². The Bertz CT molecular complexity index is 982. The Balaban J connectivity index is 1.78. The van der Waals surface area contributed by atoms with Crippen molar-refractivity contribution >= 4 is 22.6 Å². The number of imidazole rings is 1. The normalized spacial score (nSPS) is 11.0. The second-order valence-electron chi connectivity index (χ2n) is 6.24. The van der Waals surface area contributed by atoms with Crippen LogP contribution < -0.4 is 11.0 Å². The molecule has 0 aliphatic carbocycles. The van der Waals surface area contributed by atoms with E-state index >= 15 is 0 Å². The summed E-state index contributed by atoms with van der Waals surface area (Å²) in [6.45, 7) is 4.42. The topological polar surface area (TPSA) is 56.0 Å². The second-order valence-corrected chi connectivity index (χ2v) is 6.24. The van der Waals surface area contributed by atoms with Crippen LogP contribution in [0.3, 0.4) is 0 Å². The minimum absolute atomic E-state index is 0.0798. The van der Waals surface area contributed by atoms with Crippen molar-refractivity contribution in [3.8, 4) is 0 Å². The van der Waals surface area contributed by atoms with Gasteiger partial charge < -0.3 is 5.32 Å². The number of rotatable bonds is 5. The average Bonchev–Trinajstić information content (AvgIpc) is 2.86. The van der Waals surface area contributed by atoms with Crippen LogP contribution in [-0.4, -0.2) is 15.0 Å². The molecule has 1 N–H and O–H groups in total. The number of hydrogen-bond acceptors (Lipinski definition) is 2. The fourth-order valence-electron chi connectivity index (χ4n) is 3.20. The number of carbonyl (C=O) groups excluding carboxylic acids is 1. The van der Waals surface area contributed by atoms with Gasteiger partial charge in [-0.25, -0.2) is 4.79 Å². The van der Waals surface area contributed by atoms with Crippen molar-refractivity contribution in [1.82, 2.24) is 9.13 Å². The van der Waals surface area contributed by atoms with E-state index in [4.69, 9.17) is 0 Å². The number of nitrogens with one attached hydrogen (secondary N) is 1. The molecule has 0 spiro atoms. The molecule has 5 heteroatoms. The van der Waals surface area contributed by atoms with Crippen molar-refractivity contribution in [2.45, 2.75) is 33.2 Å². The van der Waals surface area contributed by atoms with Crippen LogP contribution in [0.2, 0.25) is 0 Å². The van der Waals surface area contributed by atoms with Gasteiger partial charge in [0.1, 0.15) is 0 Å². The summed E-state index contributed by atoms with van der Waals surface area (Å²) in [5.41, 5.74) is 4.69. The van der Waals surface area contributed by atoms with Crippen LogP contribution in [0.15, 0.2) is 47.3 Å². The molecule has 130 valence electrons. The van der Waals surface area contributed by atoms with Crippen LogP contribution >= 0.6 is 0 Å². The van der Waals surface area contributed by atoms with Gasteiger partial charge in [-0.1, -0.05) is 37.3 Å². The Morgan fingerprint density at radius 2 is 1.80 bits per heavy atom. The lowest BCUT2D eigenvalue weighted by Gasteiger charge is -2.13. The molecule has 3 aromatic rings. The van der Waals surface area contributed by atoms with Crippen LogP contribution in [0.25, 0.3) is 11.0 Å². The fourth-order valence-corrected chi connectivity index (χ4v) is 3.20. The monoisotopic (exact) mass is 337 g/mol. The van der Waals surface area contributed by atoms with Gasteiger partial charge in [-0.15, -0.1) is 0 Å². The molecular weight excluding hydrogens is 314 g/mol. The molecule has 1 heterocycles. The van der Waals surface area contributed by atoms with Gasteiger partial charge in [0, 0.05) is 25.7 Å². The molecule has 0 radical (unpaired) electrons. The molecule has 0 atom stereocenters. The SMILES string of the molecule is CCc1cccc(C)c1NC(=O)CCn1c(=O)n(C)c2ccccc21. The minimum Gasteiger partial charge on any atom is -0.326 e. The minimum atomic E-state index is -0.0980. The number of anilines is 1. The molecule has 0 fully saturated rings. The molecule has 5 nitrogen and oxygen atoms in total. The Morgan fingerprint density at radius 1 is 1.08 bits per heavy atom. The summed E-state index contributed by atoms with van der Waals surface area (Å²) in [5, 5.41) is 3.01. The van der Waals surface area contributed by atoms with E-state index in [9.17, 15) is 9.59 Å². The van der Waals surface area contributed by atoms with E-state index in [1.165, 1.54) is 0 Å². The first kappa shape index (κ1) is 17.0. The van der Waals surface area contributed by atoms with Crippen LogP contribution in [0, 0.1) is 6.92 Å². The highest BCUT2D eigenvalue weighted by Crippen LogP contribution is 2.21. The van der Waals surface area contributed by atoms with Gasteiger partial charge in [0.15, 0.2) is 0 Å². The predicted octanol–water partition coefficient (Wildman–Crippen LogP) is 3.24. The number of para-hydroxylation sites is 3. The summed E-state index contributed by atoms with van der Waals surface area (Å²) in [6.07, 6.45) is 1.12. The second kappa shape index (κ2) is 6.97. The van der Waals surface area contributed by atoms with E-state index in [2.05, 4.69) is 12.2 Å². The van der Waals surface area contributed by atoms with Gasteiger partial charge in [0.2, 0.25) is 5.91 Å². The lowest BCUT2D eigenvalue weighted by molar-refractivity contribution is -0.116. The van der Waals surface area contributed by atoms with E-state index in [1.54, 1.807) is 16.2 Å². The van der Waals surface area contributed by atoms with Crippen molar-refractivity contribution in [1.29, 1.82) is 0 Å². The molecule has 0 saturated heterocycles. The number of carbonyl (C=O) groups is 1. The smallest absolute Gasteiger partial charge is 0.326 e. The number of nitrogens with zero attached hydrogens (tertiary/aromatic N) is 2. The maximum Gasteiger partial charge on any atom is 0.328 e. The number of benzene rings is 2. The summed E-state index contributed by atoms with van der Waals surface area (Å²) in [6, 6.07) is 13.6. The summed E-state index contributed by atoms with van der Waals surface area (Å²) in [4.78, 5) is 24.8. The largest absolute Gasteiger partial charge is 0.328 e. The third kappa shape index (κ3) is 3.22. The highest BCUT2D eigenvalue weighted by molar-refractivity contribution is 5.92. The van der Waals surface area contributed by atoms with E-state index in [0.29, 0.717) is 6.54 Å². The Hall–Kier alpha value is -2.82. The first-order valence-electron chi connectivity index (χ1n) is 8.55. The van der Waals surface area contributed by atoms with Crippen LogP contribution in [-0.2, 0) is 24.8 Å². The quantitative estimate of drug-likeness (QED) is 0.777. The van der Waals surface area contributed by atoms with Crippen molar-refractivity contribution in [2.75, 3.05) is 5.32 Å². The van der Waals surface area contributed by atoms with Gasteiger partial charge in [-0.05, 0) is 36.6 Å². The standard InChI is InChI=1S/C20H23N3O2/c1-4-15-9-7-8-14(2)19(15)21-18(24)12-13-23-17-11-6-5-10-16(17)22(3)20(23)25/h5-11H,4,12-13H2,1-3H3,(H,21,24). The molecule has 3 rings (SSSR count). The Labute approximate surface area is 146 Å². The van der Waals surface area contributed by atoms with Gasteiger partial charge in [0.05, 0.1) is 11.0 Å². The molecule has 0 saturated carbocycles. The average molecular weight is 337 g/mol. The zero-order valence-electron chi connectivity index (χ0n) is 14.9. The number of aromatic nitrogens is 2. The van der Waals surface area contributed by atoms with E-state index in [-0.39, 0.29) is 18.0 Å². The highest BCUT2D eigenvalue weighted by atomic mass is 16.2. The lowest BCUT2D eigenvalue weighted by Crippen LogP contribution is -2.24. The van der Waals surface area contributed by atoms with Crippen LogP contribution in [0.4, 0.5) is 5.69 Å². The molecule has 0 aliphatic heterocycles. The van der Waals surface area contributed by atoms with Gasteiger partial charge in [0.25, 0.3) is 0 Å². The molecule has 25 heavy (non-hydrogen) atoms. The molecular formula is C20H23N3O2. The summed E-state index contributed by atoms with van der Waals surface area (Å²) >= 11 is 0. The summed E-state index contributed by atoms with van der Waals surface area (Å²) in [7, 11) is 1.75. The van der Waals surface area contributed by atoms with Crippen molar-refractivity contribution in [2.24, 2.45) is 7.05 Å². The van der Waals surface area contributed by atoms with Crippen molar-refractivity contribution in [3.05, 3.63) is 64.1 Å². The maximum atomic E-state index is 12.4. The van der Waals surface area contributed by atoms with E-state index in [0.717, 1.165) is 34.3 Å². The molecule has 0 aliphatic rings. The first-order valence-corrected chi connectivity index (χ1v) is 8.55. The molecule has 1 amide bonds. The highest BCUT2D eigenvalue weighted by Gasteiger charge is 2.13.